The average Bonchev–Trinajstić information content (AvgIpc) is 2.56. The normalized spacial score (nSPS) is 20.6. The molecule has 0 aliphatic carbocycles. The van der Waals surface area contributed by atoms with Crippen LogP contribution in [-0.2, 0) is 30.4 Å². The van der Waals surface area contributed by atoms with E-state index in [1.54, 1.807) is 0 Å². The van der Waals surface area contributed by atoms with Crippen LogP contribution in [-0.4, -0.2) is 53.1 Å². The first kappa shape index (κ1) is 21.9. The van der Waals surface area contributed by atoms with Crippen molar-refractivity contribution in [3.8, 4) is 0 Å². The van der Waals surface area contributed by atoms with Crippen molar-refractivity contribution < 1.29 is 23.9 Å². The Labute approximate surface area is 166 Å². The van der Waals surface area contributed by atoms with Crippen molar-refractivity contribution in [2.45, 2.75) is 71.3 Å². The van der Waals surface area contributed by atoms with Crippen molar-refractivity contribution in [2.75, 3.05) is 6.61 Å². The standard InChI is InChI=1S/C21H30N2O5/c1-14(24)27-13-17-11-18(23(17)12-16-9-7-6-8-10-16)19(28-15(2)25)20(26)22-21(3,4)5/h6-10,17-19H,11-13H2,1-5H3,(H,22,26)/t17-,18+,19-/m1/s1. The highest BCUT2D eigenvalue weighted by Crippen LogP contribution is 2.32. The highest BCUT2D eigenvalue weighted by atomic mass is 16.6. The first-order valence-corrected chi connectivity index (χ1v) is 9.49. The molecule has 154 valence electrons. The number of rotatable bonds is 7. The van der Waals surface area contributed by atoms with Crippen LogP contribution >= 0.6 is 0 Å². The predicted molar refractivity (Wildman–Crippen MR) is 104 cm³/mol. The summed E-state index contributed by atoms with van der Waals surface area (Å²) in [5, 5.41) is 2.90. The monoisotopic (exact) mass is 390 g/mol. The molecule has 0 saturated carbocycles. The number of ether oxygens (including phenoxy) is 2. The molecule has 1 amide bonds. The lowest BCUT2D eigenvalue weighted by atomic mass is 9.87. The van der Waals surface area contributed by atoms with E-state index in [0.29, 0.717) is 13.0 Å². The maximum atomic E-state index is 12.8. The summed E-state index contributed by atoms with van der Waals surface area (Å²) < 4.78 is 10.6. The molecule has 0 unspecified atom stereocenters. The number of likely N-dealkylation sites (tertiary alicyclic amines) is 1. The number of esters is 2. The average molecular weight is 390 g/mol. The van der Waals surface area contributed by atoms with E-state index in [9.17, 15) is 14.4 Å². The second-order valence-electron chi connectivity index (χ2n) is 8.19. The molecule has 0 bridgehead atoms. The Balaban J connectivity index is 2.19. The number of hydrogen-bond acceptors (Lipinski definition) is 6. The Bertz CT molecular complexity index is 698. The Morgan fingerprint density at radius 2 is 1.79 bits per heavy atom. The van der Waals surface area contributed by atoms with Crippen LogP contribution in [0, 0.1) is 0 Å². The molecule has 0 radical (unpaired) electrons. The number of carbonyl (C=O) groups excluding carboxylic acids is 3. The maximum absolute atomic E-state index is 12.8. The maximum Gasteiger partial charge on any atom is 0.303 e. The second-order valence-corrected chi connectivity index (χ2v) is 8.19. The smallest absolute Gasteiger partial charge is 0.303 e. The van der Waals surface area contributed by atoms with Crippen LogP contribution in [0.1, 0.15) is 46.6 Å². The zero-order valence-corrected chi connectivity index (χ0v) is 17.2. The van der Waals surface area contributed by atoms with Crippen LogP contribution in [0.3, 0.4) is 0 Å². The fourth-order valence-corrected chi connectivity index (χ4v) is 3.32. The lowest BCUT2D eigenvalue weighted by Crippen LogP contribution is -2.66. The Hall–Kier alpha value is -2.41. The molecule has 7 nitrogen and oxygen atoms in total. The van der Waals surface area contributed by atoms with Crippen LogP contribution in [0.4, 0.5) is 0 Å². The van der Waals surface area contributed by atoms with Gasteiger partial charge in [-0.2, -0.15) is 0 Å². The third-order valence-electron chi connectivity index (χ3n) is 4.49. The van der Waals surface area contributed by atoms with Gasteiger partial charge in [0.05, 0.1) is 6.04 Å². The van der Waals surface area contributed by atoms with Gasteiger partial charge in [-0.05, 0) is 32.8 Å². The molecule has 1 heterocycles. The molecular formula is C21H30N2O5. The third-order valence-corrected chi connectivity index (χ3v) is 4.49. The molecule has 0 aromatic heterocycles. The fraction of sp³-hybridized carbons (Fsp3) is 0.571. The van der Waals surface area contributed by atoms with Gasteiger partial charge in [0.15, 0.2) is 6.10 Å². The number of nitrogens with one attached hydrogen (secondary N) is 1. The lowest BCUT2D eigenvalue weighted by Gasteiger charge is -2.50. The largest absolute Gasteiger partial charge is 0.464 e. The van der Waals surface area contributed by atoms with Crippen LogP contribution in [0.5, 0.6) is 0 Å². The number of nitrogens with zero attached hydrogens (tertiary/aromatic N) is 1. The van der Waals surface area contributed by atoms with E-state index in [0.717, 1.165) is 5.56 Å². The summed E-state index contributed by atoms with van der Waals surface area (Å²) in [6.45, 7) is 9.11. The van der Waals surface area contributed by atoms with Crippen LogP contribution in [0.15, 0.2) is 30.3 Å². The van der Waals surface area contributed by atoms with Gasteiger partial charge in [-0.3, -0.25) is 19.3 Å². The molecular weight excluding hydrogens is 360 g/mol. The minimum Gasteiger partial charge on any atom is -0.464 e. The molecule has 0 spiro atoms. The number of hydrogen-bond donors (Lipinski definition) is 1. The van der Waals surface area contributed by atoms with E-state index in [1.807, 2.05) is 51.1 Å². The van der Waals surface area contributed by atoms with Gasteiger partial charge in [-0.15, -0.1) is 0 Å². The minimum atomic E-state index is -0.922. The van der Waals surface area contributed by atoms with Crippen LogP contribution < -0.4 is 5.32 Å². The van der Waals surface area contributed by atoms with Gasteiger partial charge >= 0.3 is 11.9 Å². The highest BCUT2D eigenvalue weighted by molar-refractivity contribution is 5.84. The van der Waals surface area contributed by atoms with E-state index >= 15 is 0 Å². The molecule has 1 saturated heterocycles. The van der Waals surface area contributed by atoms with Crippen molar-refractivity contribution in [1.82, 2.24) is 10.2 Å². The van der Waals surface area contributed by atoms with Gasteiger partial charge in [0.1, 0.15) is 6.61 Å². The molecule has 2 rings (SSSR count). The SMILES string of the molecule is CC(=O)OC[C@H]1C[C@@H]([C@@H](OC(C)=O)C(=O)NC(C)(C)C)N1Cc1ccccc1. The first-order valence-electron chi connectivity index (χ1n) is 9.49. The molecule has 28 heavy (non-hydrogen) atoms. The molecule has 1 N–H and O–H groups in total. The molecule has 3 atom stereocenters. The van der Waals surface area contributed by atoms with E-state index in [-0.39, 0.29) is 30.6 Å². The quantitative estimate of drug-likeness (QED) is 0.717. The summed E-state index contributed by atoms with van der Waals surface area (Å²) in [5.74, 6) is -1.17. The van der Waals surface area contributed by atoms with Gasteiger partial charge in [0.25, 0.3) is 5.91 Å². The number of amides is 1. The molecule has 1 aromatic carbocycles. The van der Waals surface area contributed by atoms with E-state index < -0.39 is 17.6 Å². The lowest BCUT2D eigenvalue weighted by molar-refractivity contribution is -0.170. The van der Waals surface area contributed by atoms with Crippen LogP contribution in [0.2, 0.25) is 0 Å². The summed E-state index contributed by atoms with van der Waals surface area (Å²) >= 11 is 0. The Morgan fingerprint density at radius 3 is 2.32 bits per heavy atom. The van der Waals surface area contributed by atoms with E-state index in [2.05, 4.69) is 10.2 Å². The van der Waals surface area contributed by atoms with Crippen molar-refractivity contribution in [2.24, 2.45) is 0 Å². The molecule has 1 fully saturated rings. The third kappa shape index (κ3) is 6.34. The molecule has 1 aromatic rings. The van der Waals surface area contributed by atoms with E-state index in [4.69, 9.17) is 9.47 Å². The summed E-state index contributed by atoms with van der Waals surface area (Å²) in [7, 11) is 0. The summed E-state index contributed by atoms with van der Waals surface area (Å²) in [4.78, 5) is 37.7. The summed E-state index contributed by atoms with van der Waals surface area (Å²) in [6, 6.07) is 9.50. The van der Waals surface area contributed by atoms with Gasteiger partial charge in [-0.25, -0.2) is 0 Å². The van der Waals surface area contributed by atoms with Crippen LogP contribution in [0.25, 0.3) is 0 Å². The predicted octanol–water partition coefficient (Wildman–Crippen LogP) is 2.04. The highest BCUT2D eigenvalue weighted by Gasteiger charge is 2.47. The molecule has 1 aliphatic rings. The molecule has 1 aliphatic heterocycles. The topological polar surface area (TPSA) is 84.9 Å². The van der Waals surface area contributed by atoms with Gasteiger partial charge < -0.3 is 14.8 Å². The summed E-state index contributed by atoms with van der Waals surface area (Å²) in [5.41, 5.74) is 0.624. The zero-order valence-electron chi connectivity index (χ0n) is 17.2. The van der Waals surface area contributed by atoms with Gasteiger partial charge in [-0.1, -0.05) is 30.3 Å². The van der Waals surface area contributed by atoms with Crippen molar-refractivity contribution >= 4 is 17.8 Å². The Kier molecular flexibility index (Phi) is 7.18. The van der Waals surface area contributed by atoms with Crippen molar-refractivity contribution in [1.29, 1.82) is 0 Å². The van der Waals surface area contributed by atoms with Gasteiger partial charge in [0, 0.05) is 32.0 Å². The number of carbonyl (C=O) groups is 3. The minimum absolute atomic E-state index is 0.0328. The molecule has 7 heteroatoms. The van der Waals surface area contributed by atoms with Crippen molar-refractivity contribution in [3.05, 3.63) is 35.9 Å². The fourth-order valence-electron chi connectivity index (χ4n) is 3.32. The summed E-state index contributed by atoms with van der Waals surface area (Å²) in [6.07, 6.45) is -0.329. The Morgan fingerprint density at radius 1 is 1.14 bits per heavy atom. The van der Waals surface area contributed by atoms with Gasteiger partial charge in [0.2, 0.25) is 0 Å². The zero-order chi connectivity index (χ0) is 20.9. The second kappa shape index (κ2) is 9.19. The van der Waals surface area contributed by atoms with Crippen molar-refractivity contribution in [3.63, 3.8) is 0 Å². The number of benzene rings is 1. The first-order chi connectivity index (χ1) is 13.1. The van der Waals surface area contributed by atoms with E-state index in [1.165, 1.54) is 13.8 Å².